The summed E-state index contributed by atoms with van der Waals surface area (Å²) in [6.07, 6.45) is 4.96. The van der Waals surface area contributed by atoms with E-state index in [0.29, 0.717) is 0 Å². The molecule has 0 fully saturated rings. The highest BCUT2D eigenvalue weighted by Gasteiger charge is 1.96. The predicted molar refractivity (Wildman–Crippen MR) is 64.7 cm³/mol. The van der Waals surface area contributed by atoms with Crippen LogP contribution in [0.5, 0.6) is 0 Å². The third kappa shape index (κ3) is 3.82. The second-order valence-electron chi connectivity index (χ2n) is 2.85. The van der Waals surface area contributed by atoms with Crippen LogP contribution in [0.2, 0.25) is 5.02 Å². The van der Waals surface area contributed by atoms with E-state index in [9.17, 15) is 0 Å². The molecule has 0 unspecified atom stereocenters. The van der Waals surface area contributed by atoms with Gasteiger partial charge in [-0.3, -0.25) is 0 Å². The molecule has 76 valence electrons. The zero-order chi connectivity index (χ0) is 10.4. The van der Waals surface area contributed by atoms with Crippen molar-refractivity contribution < 1.29 is 4.74 Å². The monoisotopic (exact) mass is 274 g/mol. The van der Waals surface area contributed by atoms with Crippen molar-refractivity contribution in [2.24, 2.45) is 0 Å². The Bertz CT molecular complexity index is 323. The first-order valence-corrected chi connectivity index (χ1v) is 5.51. The lowest BCUT2D eigenvalue weighted by atomic mass is 10.2. The lowest BCUT2D eigenvalue weighted by Crippen LogP contribution is -1.83. The van der Waals surface area contributed by atoms with Gasteiger partial charge in [0.2, 0.25) is 0 Å². The highest BCUT2D eigenvalue weighted by Crippen LogP contribution is 2.22. The molecule has 1 nitrogen and oxygen atoms in total. The van der Waals surface area contributed by atoms with Gasteiger partial charge < -0.3 is 4.74 Å². The van der Waals surface area contributed by atoms with Crippen molar-refractivity contribution in [2.75, 3.05) is 13.7 Å². The van der Waals surface area contributed by atoms with E-state index >= 15 is 0 Å². The summed E-state index contributed by atoms with van der Waals surface area (Å²) in [4.78, 5) is 0. The van der Waals surface area contributed by atoms with Crippen LogP contribution >= 0.6 is 27.5 Å². The molecule has 3 heteroatoms. The summed E-state index contributed by atoms with van der Waals surface area (Å²) >= 11 is 9.41. The van der Waals surface area contributed by atoms with E-state index in [1.807, 2.05) is 24.3 Å². The molecule has 0 aliphatic rings. The molecule has 0 aliphatic carbocycles. The van der Waals surface area contributed by atoms with Gasteiger partial charge in [-0.2, -0.15) is 0 Å². The van der Waals surface area contributed by atoms with Crippen LogP contribution in [-0.4, -0.2) is 13.7 Å². The van der Waals surface area contributed by atoms with Gasteiger partial charge in [0.1, 0.15) is 0 Å². The van der Waals surface area contributed by atoms with E-state index in [4.69, 9.17) is 16.3 Å². The zero-order valence-corrected chi connectivity index (χ0v) is 10.3. The van der Waals surface area contributed by atoms with Gasteiger partial charge in [0, 0.05) is 23.2 Å². The summed E-state index contributed by atoms with van der Waals surface area (Å²) in [6, 6.07) is 5.79. The number of methoxy groups -OCH3 is 1. The molecule has 14 heavy (non-hydrogen) atoms. The molecule has 0 saturated carbocycles. The minimum atomic E-state index is 0.738. The minimum Gasteiger partial charge on any atom is -0.384 e. The molecule has 1 aromatic rings. The van der Waals surface area contributed by atoms with Crippen LogP contribution in [0.15, 0.2) is 28.7 Å². The normalized spacial score (nSPS) is 11.1. The van der Waals surface area contributed by atoms with Crippen molar-refractivity contribution in [1.29, 1.82) is 0 Å². The number of hydrogen-bond acceptors (Lipinski definition) is 1. The minimum absolute atomic E-state index is 0.738. The highest BCUT2D eigenvalue weighted by atomic mass is 79.9. The van der Waals surface area contributed by atoms with Gasteiger partial charge in [-0.25, -0.2) is 0 Å². The molecule has 0 aliphatic heterocycles. The number of benzene rings is 1. The van der Waals surface area contributed by atoms with Gasteiger partial charge >= 0.3 is 0 Å². The van der Waals surface area contributed by atoms with Crippen LogP contribution < -0.4 is 0 Å². The Morgan fingerprint density at radius 1 is 1.50 bits per heavy atom. The number of rotatable bonds is 4. The maximum atomic E-state index is 6.01. The summed E-state index contributed by atoms with van der Waals surface area (Å²) in [6.45, 7) is 0.738. The average Bonchev–Trinajstić information content (AvgIpc) is 2.18. The van der Waals surface area contributed by atoms with Crippen LogP contribution in [0.1, 0.15) is 12.0 Å². The summed E-state index contributed by atoms with van der Waals surface area (Å²) in [5.74, 6) is 0. The Morgan fingerprint density at radius 3 is 3.00 bits per heavy atom. The maximum Gasteiger partial charge on any atom is 0.0496 e. The number of ether oxygens (including phenoxy) is 1. The Hall–Kier alpha value is -0.310. The van der Waals surface area contributed by atoms with Crippen LogP contribution in [-0.2, 0) is 4.74 Å². The van der Waals surface area contributed by atoms with Crippen LogP contribution in [0, 0.1) is 0 Å². The summed E-state index contributed by atoms with van der Waals surface area (Å²) in [5.41, 5.74) is 1.03. The molecule has 0 spiro atoms. The Balaban J connectivity index is 2.65. The summed E-state index contributed by atoms with van der Waals surface area (Å²) in [5, 5.41) is 0.766. The van der Waals surface area contributed by atoms with Gasteiger partial charge in [0.15, 0.2) is 0 Å². The van der Waals surface area contributed by atoms with Gasteiger partial charge in [-0.1, -0.05) is 39.7 Å². The van der Waals surface area contributed by atoms with Crippen molar-refractivity contribution in [2.45, 2.75) is 6.42 Å². The second kappa shape index (κ2) is 6.23. The fourth-order valence-corrected chi connectivity index (χ4v) is 1.60. The molecule has 0 bridgehead atoms. The van der Waals surface area contributed by atoms with Crippen LogP contribution in [0.25, 0.3) is 6.08 Å². The molecule has 1 rings (SSSR count). The summed E-state index contributed by atoms with van der Waals surface area (Å²) in [7, 11) is 1.69. The van der Waals surface area contributed by atoms with Gasteiger partial charge in [-0.05, 0) is 30.2 Å². The molecule has 0 amide bonds. The lowest BCUT2D eigenvalue weighted by Gasteiger charge is -1.98. The molecule has 0 radical (unpaired) electrons. The van der Waals surface area contributed by atoms with Crippen LogP contribution in [0.4, 0.5) is 0 Å². The second-order valence-corrected chi connectivity index (χ2v) is 4.17. The van der Waals surface area contributed by atoms with Crippen molar-refractivity contribution in [3.8, 4) is 0 Å². The van der Waals surface area contributed by atoms with E-state index in [0.717, 1.165) is 28.1 Å². The molecule has 0 saturated heterocycles. The first-order valence-electron chi connectivity index (χ1n) is 4.34. The summed E-state index contributed by atoms with van der Waals surface area (Å²) < 4.78 is 5.98. The topological polar surface area (TPSA) is 9.23 Å². The fraction of sp³-hybridized carbons (Fsp3) is 0.273. The zero-order valence-electron chi connectivity index (χ0n) is 7.97. The van der Waals surface area contributed by atoms with E-state index in [-0.39, 0.29) is 0 Å². The van der Waals surface area contributed by atoms with Gasteiger partial charge in [-0.15, -0.1) is 0 Å². The van der Waals surface area contributed by atoms with E-state index in [2.05, 4.69) is 22.0 Å². The predicted octanol–water partition coefficient (Wildman–Crippen LogP) is 4.15. The van der Waals surface area contributed by atoms with Crippen molar-refractivity contribution >= 4 is 33.6 Å². The smallest absolute Gasteiger partial charge is 0.0496 e. The Labute approximate surface area is 97.9 Å². The standard InChI is InChI=1S/C11H12BrClO/c1-14-7-3-2-4-9-8-10(12)5-6-11(9)13/h2,4-6,8H,3,7H2,1H3/b4-2+. The molecule has 0 aromatic heterocycles. The third-order valence-electron chi connectivity index (χ3n) is 1.74. The van der Waals surface area contributed by atoms with Crippen LogP contribution in [0.3, 0.4) is 0 Å². The molecule has 0 heterocycles. The molecular formula is C11H12BrClO. The quantitative estimate of drug-likeness (QED) is 0.750. The van der Waals surface area contributed by atoms with Gasteiger partial charge in [0.25, 0.3) is 0 Å². The van der Waals surface area contributed by atoms with E-state index < -0.39 is 0 Å². The van der Waals surface area contributed by atoms with Crippen molar-refractivity contribution in [3.63, 3.8) is 0 Å². The maximum absolute atomic E-state index is 6.01. The largest absolute Gasteiger partial charge is 0.384 e. The van der Waals surface area contributed by atoms with Crippen molar-refractivity contribution in [1.82, 2.24) is 0 Å². The Morgan fingerprint density at radius 2 is 2.29 bits per heavy atom. The van der Waals surface area contributed by atoms with Crippen molar-refractivity contribution in [3.05, 3.63) is 39.3 Å². The fourth-order valence-electron chi connectivity index (χ4n) is 1.04. The van der Waals surface area contributed by atoms with E-state index in [1.165, 1.54) is 0 Å². The molecular weight excluding hydrogens is 263 g/mol. The van der Waals surface area contributed by atoms with E-state index in [1.54, 1.807) is 7.11 Å². The average molecular weight is 276 g/mol. The first kappa shape index (κ1) is 11.8. The third-order valence-corrected chi connectivity index (χ3v) is 2.58. The Kier molecular flexibility index (Phi) is 5.23. The van der Waals surface area contributed by atoms with Gasteiger partial charge in [0.05, 0.1) is 0 Å². The number of hydrogen-bond donors (Lipinski definition) is 0. The SMILES string of the molecule is COCC/C=C/c1cc(Br)ccc1Cl. The number of halogens is 2. The lowest BCUT2D eigenvalue weighted by molar-refractivity contribution is 0.204. The molecule has 1 aromatic carbocycles. The molecule has 0 atom stereocenters. The first-order chi connectivity index (χ1) is 6.74. The molecule has 0 N–H and O–H groups in total. The highest BCUT2D eigenvalue weighted by molar-refractivity contribution is 9.10.